The highest BCUT2D eigenvalue weighted by Gasteiger charge is 2.43. The molecule has 62 valence electrons. The molecule has 0 radical (unpaired) electrons. The molecule has 1 rings (SSSR count). The fourth-order valence-corrected chi connectivity index (χ4v) is 1.07. The van der Waals surface area contributed by atoms with Gasteiger partial charge in [0.25, 0.3) is 5.91 Å². The number of nitrogens with one attached hydrogen (secondary N) is 2. The molecule has 0 spiro atoms. The first-order valence-electron chi connectivity index (χ1n) is 3.48. The fraction of sp³-hybridized carbons (Fsp3) is 0.667. The molecule has 1 saturated heterocycles. The number of carbonyl (C=O) groups excluding carboxylic acids is 2. The van der Waals surface area contributed by atoms with Gasteiger partial charge in [0.05, 0.1) is 0 Å². The van der Waals surface area contributed by atoms with Crippen LogP contribution in [0.5, 0.6) is 0 Å². The van der Waals surface area contributed by atoms with Gasteiger partial charge in [-0.1, -0.05) is 6.92 Å². The molecule has 3 amide bonds. The number of hydrogen-bond donors (Lipinski definition) is 3. The van der Waals surface area contributed by atoms with Gasteiger partial charge in [0.15, 0.2) is 0 Å². The first kappa shape index (κ1) is 8.00. The number of urea groups is 1. The van der Waals surface area contributed by atoms with Gasteiger partial charge in [-0.3, -0.25) is 10.1 Å². The highest BCUT2D eigenvalue weighted by molar-refractivity contribution is 6.07. The van der Waals surface area contributed by atoms with Crippen LogP contribution in [0.1, 0.15) is 13.3 Å². The SMILES string of the molecule is CC[C@]1(CN)NC(=O)NC1=O. The van der Waals surface area contributed by atoms with Gasteiger partial charge in [-0.2, -0.15) is 0 Å². The zero-order chi connectivity index (χ0) is 8.48. The van der Waals surface area contributed by atoms with Gasteiger partial charge < -0.3 is 11.1 Å². The lowest BCUT2D eigenvalue weighted by Crippen LogP contribution is -2.52. The molecule has 1 aliphatic heterocycles. The van der Waals surface area contributed by atoms with Gasteiger partial charge in [-0.25, -0.2) is 4.79 Å². The van der Waals surface area contributed by atoms with Gasteiger partial charge in [0.1, 0.15) is 5.54 Å². The smallest absolute Gasteiger partial charge is 0.322 e. The van der Waals surface area contributed by atoms with E-state index in [0.717, 1.165) is 0 Å². The molecule has 0 aromatic heterocycles. The second kappa shape index (κ2) is 2.50. The van der Waals surface area contributed by atoms with Gasteiger partial charge in [0.2, 0.25) is 0 Å². The van der Waals surface area contributed by atoms with Crippen LogP contribution in [0.4, 0.5) is 4.79 Å². The Kier molecular flexibility index (Phi) is 1.82. The predicted octanol–water partition coefficient (Wildman–Crippen LogP) is -1.07. The summed E-state index contributed by atoms with van der Waals surface area (Å²) in [6, 6.07) is -0.456. The number of nitrogens with two attached hydrogens (primary N) is 1. The molecule has 0 saturated carbocycles. The molecule has 1 atom stereocenters. The maximum atomic E-state index is 11.1. The van der Waals surface area contributed by atoms with Crippen molar-refractivity contribution in [2.45, 2.75) is 18.9 Å². The highest BCUT2D eigenvalue weighted by Crippen LogP contribution is 2.12. The van der Waals surface area contributed by atoms with Crippen molar-refractivity contribution < 1.29 is 9.59 Å². The average Bonchev–Trinajstić information content (AvgIpc) is 2.27. The molecular weight excluding hydrogens is 146 g/mol. The zero-order valence-electron chi connectivity index (χ0n) is 6.31. The number of imide groups is 1. The van der Waals surface area contributed by atoms with E-state index in [0.29, 0.717) is 6.42 Å². The number of rotatable bonds is 2. The van der Waals surface area contributed by atoms with E-state index in [9.17, 15) is 9.59 Å². The molecule has 5 heteroatoms. The second-order valence-corrected chi connectivity index (χ2v) is 2.55. The topological polar surface area (TPSA) is 84.2 Å². The zero-order valence-corrected chi connectivity index (χ0v) is 6.31. The molecule has 0 aromatic carbocycles. The number of hydrogen-bond acceptors (Lipinski definition) is 3. The minimum Gasteiger partial charge on any atom is -0.328 e. The summed E-state index contributed by atoms with van der Waals surface area (Å²) in [6.07, 6.45) is 0.515. The van der Waals surface area contributed by atoms with Gasteiger partial charge in [0, 0.05) is 6.54 Å². The van der Waals surface area contributed by atoms with Crippen molar-refractivity contribution in [2.75, 3.05) is 6.54 Å². The van der Waals surface area contributed by atoms with Crippen LogP contribution in [0, 0.1) is 0 Å². The van der Waals surface area contributed by atoms with Gasteiger partial charge in [-0.15, -0.1) is 0 Å². The standard InChI is InChI=1S/C6H11N3O2/c1-2-6(3-7)4(10)8-5(11)9-6/h2-3,7H2,1H3,(H2,8,9,10,11)/t6-/m1/s1. The third-order valence-electron chi connectivity index (χ3n) is 1.97. The third-order valence-corrected chi connectivity index (χ3v) is 1.97. The van der Waals surface area contributed by atoms with Gasteiger partial charge >= 0.3 is 6.03 Å². The fourth-order valence-electron chi connectivity index (χ4n) is 1.07. The Balaban J connectivity index is 2.84. The Morgan fingerprint density at radius 2 is 2.18 bits per heavy atom. The molecule has 11 heavy (non-hydrogen) atoms. The Labute approximate surface area is 64.3 Å². The van der Waals surface area contributed by atoms with Crippen LogP contribution in [0.2, 0.25) is 0 Å². The van der Waals surface area contributed by atoms with E-state index in [-0.39, 0.29) is 12.5 Å². The quantitative estimate of drug-likeness (QED) is 0.446. The molecule has 1 fully saturated rings. The molecule has 5 nitrogen and oxygen atoms in total. The van der Waals surface area contributed by atoms with Crippen LogP contribution in [0.15, 0.2) is 0 Å². The summed E-state index contributed by atoms with van der Waals surface area (Å²) in [5.74, 6) is -0.326. The summed E-state index contributed by atoms with van der Waals surface area (Å²) < 4.78 is 0. The van der Waals surface area contributed by atoms with Crippen LogP contribution < -0.4 is 16.4 Å². The summed E-state index contributed by atoms with van der Waals surface area (Å²) in [4.78, 5) is 21.8. The predicted molar refractivity (Wildman–Crippen MR) is 38.8 cm³/mol. The lowest BCUT2D eigenvalue weighted by molar-refractivity contribution is -0.123. The molecule has 0 aliphatic carbocycles. The lowest BCUT2D eigenvalue weighted by atomic mass is 9.97. The molecule has 1 aliphatic rings. The maximum absolute atomic E-state index is 11.1. The van der Waals surface area contributed by atoms with Crippen molar-refractivity contribution in [3.63, 3.8) is 0 Å². The summed E-state index contributed by atoms with van der Waals surface area (Å²) in [5, 5.41) is 4.63. The van der Waals surface area contributed by atoms with E-state index in [4.69, 9.17) is 5.73 Å². The Bertz CT molecular complexity index is 198. The molecule has 0 unspecified atom stereocenters. The highest BCUT2D eigenvalue weighted by atomic mass is 16.2. The minimum absolute atomic E-state index is 0.140. The maximum Gasteiger partial charge on any atom is 0.322 e. The first-order chi connectivity index (χ1) is 5.14. The van der Waals surface area contributed by atoms with Crippen LogP contribution in [-0.2, 0) is 4.79 Å². The summed E-state index contributed by atoms with van der Waals surface area (Å²) in [5.41, 5.74) is 4.49. The second-order valence-electron chi connectivity index (χ2n) is 2.55. The van der Waals surface area contributed by atoms with Crippen molar-refractivity contribution in [1.29, 1.82) is 0 Å². The largest absolute Gasteiger partial charge is 0.328 e. The normalized spacial score (nSPS) is 30.0. The Morgan fingerprint density at radius 1 is 1.55 bits per heavy atom. The molecular formula is C6H11N3O2. The van der Waals surface area contributed by atoms with Crippen LogP contribution in [0.3, 0.4) is 0 Å². The van der Waals surface area contributed by atoms with E-state index in [1.165, 1.54) is 0 Å². The Morgan fingerprint density at radius 3 is 2.36 bits per heavy atom. The van der Waals surface area contributed by atoms with Crippen molar-refractivity contribution in [3.8, 4) is 0 Å². The molecule has 0 bridgehead atoms. The molecule has 0 aromatic rings. The van der Waals surface area contributed by atoms with Crippen LogP contribution in [-0.4, -0.2) is 24.0 Å². The van der Waals surface area contributed by atoms with E-state index in [2.05, 4.69) is 10.6 Å². The molecule has 4 N–H and O–H groups in total. The van der Waals surface area contributed by atoms with Crippen molar-refractivity contribution in [1.82, 2.24) is 10.6 Å². The lowest BCUT2D eigenvalue weighted by Gasteiger charge is -2.21. The summed E-state index contributed by atoms with van der Waals surface area (Å²) in [7, 11) is 0. The van der Waals surface area contributed by atoms with Crippen molar-refractivity contribution in [2.24, 2.45) is 5.73 Å². The summed E-state index contributed by atoms with van der Waals surface area (Å²) in [6.45, 7) is 1.94. The first-order valence-corrected chi connectivity index (χ1v) is 3.48. The monoisotopic (exact) mass is 157 g/mol. The van der Waals surface area contributed by atoms with Crippen LogP contribution >= 0.6 is 0 Å². The van der Waals surface area contributed by atoms with Gasteiger partial charge in [-0.05, 0) is 6.42 Å². The van der Waals surface area contributed by atoms with E-state index in [1.54, 1.807) is 6.92 Å². The number of carbonyl (C=O) groups is 2. The van der Waals surface area contributed by atoms with Crippen LogP contribution in [0.25, 0.3) is 0 Å². The van der Waals surface area contributed by atoms with E-state index < -0.39 is 11.6 Å². The van der Waals surface area contributed by atoms with Crippen molar-refractivity contribution in [3.05, 3.63) is 0 Å². The van der Waals surface area contributed by atoms with E-state index in [1.807, 2.05) is 0 Å². The van der Waals surface area contributed by atoms with Crippen molar-refractivity contribution >= 4 is 11.9 Å². The average molecular weight is 157 g/mol. The van der Waals surface area contributed by atoms with E-state index >= 15 is 0 Å². The third kappa shape index (κ3) is 1.07. The summed E-state index contributed by atoms with van der Waals surface area (Å²) >= 11 is 0. The molecule has 1 heterocycles. The minimum atomic E-state index is -0.864. The Hall–Kier alpha value is -1.10. The number of amides is 3.